The second-order valence-electron chi connectivity index (χ2n) is 5.26. The van der Waals surface area contributed by atoms with Crippen molar-refractivity contribution in [3.05, 3.63) is 29.3 Å². The maximum atomic E-state index is 12.1. The van der Waals surface area contributed by atoms with E-state index in [-0.39, 0.29) is 10.7 Å². The van der Waals surface area contributed by atoms with Gasteiger partial charge in [0.05, 0.1) is 5.69 Å². The lowest BCUT2D eigenvalue weighted by atomic mass is 10.1. The van der Waals surface area contributed by atoms with Crippen LogP contribution in [0.25, 0.3) is 0 Å². The van der Waals surface area contributed by atoms with Crippen LogP contribution in [0.15, 0.2) is 18.2 Å². The average Bonchev–Trinajstić information content (AvgIpc) is 2.83. The van der Waals surface area contributed by atoms with Crippen molar-refractivity contribution >= 4 is 23.4 Å². The van der Waals surface area contributed by atoms with E-state index in [4.69, 9.17) is 5.84 Å². The number of nitrogens with one attached hydrogen (secondary N) is 2. The van der Waals surface area contributed by atoms with E-state index in [0.717, 1.165) is 17.8 Å². The minimum atomic E-state index is -0.0135. The largest absolute Gasteiger partial charge is 0.351 e. The van der Waals surface area contributed by atoms with Gasteiger partial charge in [0.1, 0.15) is 0 Å². The smallest absolute Gasteiger partial charge is 0.251 e. The Labute approximate surface area is 118 Å². The Hall–Kier alpha value is -1.20. The van der Waals surface area contributed by atoms with Gasteiger partial charge in [-0.1, -0.05) is 0 Å². The minimum Gasteiger partial charge on any atom is -0.351 e. The van der Waals surface area contributed by atoms with Crippen molar-refractivity contribution in [1.29, 1.82) is 0 Å². The molecule has 1 amide bonds. The second-order valence-corrected chi connectivity index (χ2v) is 6.94. The first kappa shape index (κ1) is 14.2. The summed E-state index contributed by atoms with van der Waals surface area (Å²) < 4.78 is 0.198. The molecule has 1 aliphatic heterocycles. The third-order valence-corrected chi connectivity index (χ3v) is 5.11. The van der Waals surface area contributed by atoms with Gasteiger partial charge in [0, 0.05) is 16.9 Å². The molecular formula is C14H21N3OS. The van der Waals surface area contributed by atoms with Crippen molar-refractivity contribution in [3.63, 3.8) is 0 Å². The van der Waals surface area contributed by atoms with E-state index in [1.165, 1.54) is 18.6 Å². The quantitative estimate of drug-likeness (QED) is 0.584. The second kappa shape index (κ2) is 5.84. The molecule has 19 heavy (non-hydrogen) atoms. The molecule has 104 valence electrons. The Bertz CT molecular complexity index is 470. The molecular weight excluding hydrogens is 258 g/mol. The van der Waals surface area contributed by atoms with Crippen LogP contribution in [0.3, 0.4) is 0 Å². The van der Waals surface area contributed by atoms with Crippen LogP contribution in [0.5, 0.6) is 0 Å². The van der Waals surface area contributed by atoms with Crippen molar-refractivity contribution in [3.8, 4) is 0 Å². The van der Waals surface area contributed by atoms with Crippen molar-refractivity contribution in [2.24, 2.45) is 5.84 Å². The number of carbonyl (C=O) groups is 1. The van der Waals surface area contributed by atoms with Crippen LogP contribution in [0.4, 0.5) is 5.69 Å². The predicted octanol–water partition coefficient (Wildman–Crippen LogP) is 2.30. The highest BCUT2D eigenvalue weighted by molar-refractivity contribution is 8.00. The molecule has 1 saturated heterocycles. The Kier molecular flexibility index (Phi) is 4.37. The molecule has 1 aliphatic rings. The Morgan fingerprint density at radius 2 is 2.32 bits per heavy atom. The van der Waals surface area contributed by atoms with E-state index >= 15 is 0 Å². The number of aryl methyl sites for hydroxylation is 1. The lowest BCUT2D eigenvalue weighted by molar-refractivity contribution is 0.0950. The number of anilines is 1. The fraction of sp³-hybridized carbons (Fsp3) is 0.500. The number of carbonyl (C=O) groups excluding carboxylic acids is 1. The van der Waals surface area contributed by atoms with E-state index in [1.54, 1.807) is 6.07 Å². The highest BCUT2D eigenvalue weighted by atomic mass is 32.2. The summed E-state index contributed by atoms with van der Waals surface area (Å²) in [6, 6.07) is 5.48. The first-order chi connectivity index (χ1) is 9.04. The first-order valence-corrected chi connectivity index (χ1v) is 7.52. The predicted molar refractivity (Wildman–Crippen MR) is 81.4 cm³/mol. The van der Waals surface area contributed by atoms with Crippen LogP contribution in [0.1, 0.15) is 35.7 Å². The maximum absolute atomic E-state index is 12.1. The maximum Gasteiger partial charge on any atom is 0.251 e. The number of amides is 1. The molecule has 1 heterocycles. The van der Waals surface area contributed by atoms with Gasteiger partial charge in [-0.05, 0) is 56.2 Å². The summed E-state index contributed by atoms with van der Waals surface area (Å²) in [7, 11) is 0. The third-order valence-electron chi connectivity index (χ3n) is 3.57. The zero-order chi connectivity index (χ0) is 13.9. The van der Waals surface area contributed by atoms with Crippen LogP contribution in [-0.4, -0.2) is 23.0 Å². The highest BCUT2D eigenvalue weighted by Crippen LogP contribution is 2.36. The van der Waals surface area contributed by atoms with Crippen molar-refractivity contribution in [2.45, 2.75) is 31.4 Å². The standard InChI is InChI=1S/C14H21N3OS/c1-10-8-11(4-5-12(10)17-15)13(18)16-9-14(2)6-3-7-19-14/h4-5,8,17H,3,6-7,9,15H2,1-2H3,(H,16,18). The van der Waals surface area contributed by atoms with Gasteiger partial charge in [0.25, 0.3) is 5.91 Å². The van der Waals surface area contributed by atoms with Gasteiger partial charge in [-0.2, -0.15) is 11.8 Å². The number of benzene rings is 1. The molecule has 1 atom stereocenters. The Morgan fingerprint density at radius 3 is 2.89 bits per heavy atom. The molecule has 0 aliphatic carbocycles. The molecule has 0 bridgehead atoms. The first-order valence-electron chi connectivity index (χ1n) is 6.53. The Morgan fingerprint density at radius 1 is 1.53 bits per heavy atom. The van der Waals surface area contributed by atoms with Gasteiger partial charge in [-0.25, -0.2) is 0 Å². The van der Waals surface area contributed by atoms with Gasteiger partial charge in [-0.3, -0.25) is 10.6 Å². The number of nitrogens with two attached hydrogens (primary N) is 1. The van der Waals surface area contributed by atoms with E-state index < -0.39 is 0 Å². The van der Waals surface area contributed by atoms with Gasteiger partial charge in [0.15, 0.2) is 0 Å². The zero-order valence-corrected chi connectivity index (χ0v) is 12.3. The molecule has 2 rings (SSSR count). The Balaban J connectivity index is 1.98. The summed E-state index contributed by atoms with van der Waals surface area (Å²) in [5, 5.41) is 3.03. The van der Waals surface area contributed by atoms with E-state index in [9.17, 15) is 4.79 Å². The number of rotatable bonds is 4. The van der Waals surface area contributed by atoms with Crippen LogP contribution in [0, 0.1) is 6.92 Å². The fourth-order valence-corrected chi connectivity index (χ4v) is 3.56. The molecule has 1 unspecified atom stereocenters. The van der Waals surface area contributed by atoms with E-state index in [2.05, 4.69) is 17.7 Å². The minimum absolute atomic E-state index is 0.0135. The van der Waals surface area contributed by atoms with Crippen molar-refractivity contribution in [2.75, 3.05) is 17.7 Å². The number of thioether (sulfide) groups is 1. The normalized spacial score (nSPS) is 22.3. The number of hydrogen-bond acceptors (Lipinski definition) is 4. The third kappa shape index (κ3) is 3.42. The van der Waals surface area contributed by atoms with E-state index in [0.29, 0.717) is 5.56 Å². The molecule has 0 radical (unpaired) electrons. The fourth-order valence-electron chi connectivity index (χ4n) is 2.31. The van der Waals surface area contributed by atoms with Crippen LogP contribution in [-0.2, 0) is 0 Å². The molecule has 1 aromatic rings. The van der Waals surface area contributed by atoms with Gasteiger partial charge >= 0.3 is 0 Å². The summed E-state index contributed by atoms with van der Waals surface area (Å²) in [5.41, 5.74) is 5.10. The molecule has 1 fully saturated rings. The molecule has 1 aromatic carbocycles. The van der Waals surface area contributed by atoms with Gasteiger partial charge in [0.2, 0.25) is 0 Å². The van der Waals surface area contributed by atoms with Crippen molar-refractivity contribution in [1.82, 2.24) is 5.32 Å². The summed E-state index contributed by atoms with van der Waals surface area (Å²) in [4.78, 5) is 12.1. The molecule has 0 aromatic heterocycles. The average molecular weight is 279 g/mol. The van der Waals surface area contributed by atoms with Crippen LogP contribution < -0.4 is 16.6 Å². The van der Waals surface area contributed by atoms with Crippen LogP contribution >= 0.6 is 11.8 Å². The molecule has 4 N–H and O–H groups in total. The topological polar surface area (TPSA) is 67.2 Å². The number of hydrogen-bond donors (Lipinski definition) is 3. The molecule has 0 saturated carbocycles. The number of hydrazine groups is 1. The lowest BCUT2D eigenvalue weighted by Crippen LogP contribution is -2.36. The summed E-state index contributed by atoms with van der Waals surface area (Å²) in [6.07, 6.45) is 2.42. The monoisotopic (exact) mass is 279 g/mol. The SMILES string of the molecule is Cc1cc(C(=O)NCC2(C)CCCS2)ccc1NN. The zero-order valence-electron chi connectivity index (χ0n) is 11.5. The lowest BCUT2D eigenvalue weighted by Gasteiger charge is -2.22. The summed E-state index contributed by atoms with van der Waals surface area (Å²) >= 11 is 1.95. The van der Waals surface area contributed by atoms with Crippen molar-refractivity contribution < 1.29 is 4.79 Å². The molecule has 0 spiro atoms. The number of nitrogen functional groups attached to an aromatic ring is 1. The molecule has 5 heteroatoms. The summed E-state index contributed by atoms with van der Waals surface area (Å²) in [6.45, 7) is 4.88. The summed E-state index contributed by atoms with van der Waals surface area (Å²) in [5.74, 6) is 6.57. The van der Waals surface area contributed by atoms with Gasteiger partial charge < -0.3 is 10.7 Å². The molecule has 4 nitrogen and oxygen atoms in total. The van der Waals surface area contributed by atoms with E-state index in [1.807, 2.05) is 30.8 Å². The van der Waals surface area contributed by atoms with Gasteiger partial charge in [-0.15, -0.1) is 0 Å². The van der Waals surface area contributed by atoms with Crippen LogP contribution in [0.2, 0.25) is 0 Å². The highest BCUT2D eigenvalue weighted by Gasteiger charge is 2.29.